The third-order valence-electron chi connectivity index (χ3n) is 1.74. The fraction of sp³-hybridized carbons (Fsp3) is 0.250. The van der Waals surface area contributed by atoms with Gasteiger partial charge in [0.05, 0.1) is 5.69 Å². The molecule has 0 fully saturated rings. The lowest BCUT2D eigenvalue weighted by atomic mass is 10.2. The third-order valence-corrected chi connectivity index (χ3v) is 2.25. The number of nitrogens with one attached hydrogen (secondary N) is 1. The van der Waals surface area contributed by atoms with Gasteiger partial charge in [0, 0.05) is 5.56 Å². The maximum atomic E-state index is 11.3. The van der Waals surface area contributed by atoms with Gasteiger partial charge in [0.1, 0.15) is 6.26 Å². The van der Waals surface area contributed by atoms with E-state index in [1.165, 1.54) is 6.92 Å². The summed E-state index contributed by atoms with van der Waals surface area (Å²) in [5, 5.41) is 10.9. The number of anilines is 1. The van der Waals surface area contributed by atoms with Crippen LogP contribution in [-0.4, -0.2) is 20.8 Å². The van der Waals surface area contributed by atoms with Crippen LogP contribution in [0.4, 0.5) is 5.69 Å². The number of hydrogen-bond donors (Lipinski definition) is 2. The van der Waals surface area contributed by atoms with Crippen LogP contribution in [0.25, 0.3) is 0 Å². The number of furan rings is 1. The molecule has 0 spiro atoms. The van der Waals surface area contributed by atoms with E-state index in [1.807, 2.05) is 0 Å². The molecule has 0 aliphatic rings. The van der Waals surface area contributed by atoms with Crippen LogP contribution in [0.5, 0.6) is 0 Å². The van der Waals surface area contributed by atoms with Gasteiger partial charge < -0.3 is 14.8 Å². The lowest BCUT2D eigenvalue weighted by molar-refractivity contribution is -0.115. The number of alkyl halides is 3. The van der Waals surface area contributed by atoms with Crippen LogP contribution >= 0.6 is 34.8 Å². The van der Waals surface area contributed by atoms with E-state index < -0.39 is 15.7 Å². The number of hydrogen-bond acceptors (Lipinski definition) is 3. The van der Waals surface area contributed by atoms with Crippen LogP contribution in [0.1, 0.15) is 16.1 Å². The lowest BCUT2D eigenvalue weighted by Crippen LogP contribution is -2.27. The Balaban J connectivity index is 2.92. The Labute approximate surface area is 105 Å². The SMILES string of the molecule is Cc1c(NC(=O)C(Cl)(Cl)Cl)coc1C(=O)O. The highest BCUT2D eigenvalue weighted by molar-refractivity contribution is 6.76. The highest BCUT2D eigenvalue weighted by atomic mass is 35.6. The van der Waals surface area contributed by atoms with Crippen molar-refractivity contribution in [3.63, 3.8) is 0 Å². The molecule has 1 heterocycles. The summed E-state index contributed by atoms with van der Waals surface area (Å²) in [6.45, 7) is 1.46. The van der Waals surface area contributed by atoms with E-state index >= 15 is 0 Å². The zero-order chi connectivity index (χ0) is 12.5. The minimum absolute atomic E-state index is 0.147. The van der Waals surface area contributed by atoms with Crippen molar-refractivity contribution in [2.24, 2.45) is 0 Å². The Morgan fingerprint density at radius 3 is 2.38 bits per heavy atom. The van der Waals surface area contributed by atoms with E-state index in [1.54, 1.807) is 0 Å². The summed E-state index contributed by atoms with van der Waals surface area (Å²) in [4.78, 5) is 21.9. The molecular weight excluding hydrogens is 280 g/mol. The second kappa shape index (κ2) is 4.53. The molecule has 8 heteroatoms. The first-order valence-corrected chi connectivity index (χ1v) is 5.06. The van der Waals surface area contributed by atoms with Gasteiger partial charge in [-0.1, -0.05) is 34.8 Å². The largest absolute Gasteiger partial charge is 0.475 e. The molecule has 88 valence electrons. The molecule has 0 aromatic carbocycles. The maximum Gasteiger partial charge on any atom is 0.372 e. The maximum absolute atomic E-state index is 11.3. The van der Waals surface area contributed by atoms with E-state index in [0.29, 0.717) is 0 Å². The van der Waals surface area contributed by atoms with Crippen LogP contribution in [0.15, 0.2) is 10.7 Å². The van der Waals surface area contributed by atoms with Gasteiger partial charge in [0.15, 0.2) is 0 Å². The van der Waals surface area contributed by atoms with Crippen LogP contribution in [-0.2, 0) is 4.79 Å². The molecule has 0 saturated carbocycles. The van der Waals surface area contributed by atoms with Crippen LogP contribution in [0.3, 0.4) is 0 Å². The molecule has 5 nitrogen and oxygen atoms in total. The first-order chi connectivity index (χ1) is 7.23. The van der Waals surface area contributed by atoms with Gasteiger partial charge in [0.2, 0.25) is 5.76 Å². The highest BCUT2D eigenvalue weighted by Crippen LogP contribution is 2.29. The van der Waals surface area contributed by atoms with Gasteiger partial charge in [-0.05, 0) is 6.92 Å². The number of halogens is 3. The molecule has 0 radical (unpaired) electrons. The Kier molecular flexibility index (Phi) is 3.72. The summed E-state index contributed by atoms with van der Waals surface area (Å²) in [5.74, 6) is -2.41. The molecule has 0 aliphatic carbocycles. The van der Waals surface area contributed by atoms with Gasteiger partial charge in [-0.25, -0.2) is 4.79 Å². The fourth-order valence-corrected chi connectivity index (χ4v) is 1.09. The van der Waals surface area contributed by atoms with Crippen LogP contribution in [0.2, 0.25) is 0 Å². The number of amides is 1. The minimum Gasteiger partial charge on any atom is -0.475 e. The molecule has 0 aliphatic heterocycles. The van der Waals surface area contributed by atoms with Crippen LogP contribution in [0, 0.1) is 6.92 Å². The number of carbonyl (C=O) groups is 2. The Morgan fingerprint density at radius 2 is 2.00 bits per heavy atom. The standard InChI is InChI=1S/C8H6Cl3NO4/c1-3-4(2-16-5(3)6(13)14)12-7(15)8(9,10)11/h2H,1H3,(H,12,15)(H,13,14). The predicted octanol–water partition coefficient (Wildman–Crippen LogP) is 2.59. The molecule has 0 atom stereocenters. The van der Waals surface area contributed by atoms with Gasteiger partial charge >= 0.3 is 5.97 Å². The van der Waals surface area contributed by atoms with Gasteiger partial charge in [-0.2, -0.15) is 0 Å². The fourth-order valence-electron chi connectivity index (χ4n) is 0.944. The second-order valence-electron chi connectivity index (χ2n) is 2.86. The van der Waals surface area contributed by atoms with E-state index in [-0.39, 0.29) is 17.0 Å². The van der Waals surface area contributed by atoms with E-state index in [4.69, 9.17) is 44.3 Å². The zero-order valence-electron chi connectivity index (χ0n) is 7.88. The molecule has 1 amide bonds. The van der Waals surface area contributed by atoms with Crippen LogP contribution < -0.4 is 5.32 Å². The first kappa shape index (κ1) is 13.2. The smallest absolute Gasteiger partial charge is 0.372 e. The average molecular weight is 286 g/mol. The quantitative estimate of drug-likeness (QED) is 0.819. The molecule has 1 aromatic rings. The van der Waals surface area contributed by atoms with Crippen molar-refractivity contribution in [3.8, 4) is 0 Å². The highest BCUT2D eigenvalue weighted by Gasteiger charge is 2.31. The summed E-state index contributed by atoms with van der Waals surface area (Å²) >= 11 is 16.0. The van der Waals surface area contributed by atoms with Gasteiger partial charge in [0.25, 0.3) is 9.70 Å². The van der Waals surface area contributed by atoms with E-state index in [9.17, 15) is 9.59 Å². The zero-order valence-corrected chi connectivity index (χ0v) is 10.2. The predicted molar refractivity (Wildman–Crippen MR) is 59.3 cm³/mol. The van der Waals surface area contributed by atoms with E-state index in [2.05, 4.69) is 5.32 Å². The number of carboxylic acids is 1. The van der Waals surface area contributed by atoms with Crippen molar-refractivity contribution in [2.75, 3.05) is 5.32 Å². The van der Waals surface area contributed by atoms with Crippen molar-refractivity contribution in [1.82, 2.24) is 0 Å². The van der Waals surface area contributed by atoms with Crippen molar-refractivity contribution in [1.29, 1.82) is 0 Å². The van der Waals surface area contributed by atoms with Gasteiger partial charge in [-0.15, -0.1) is 0 Å². The van der Waals surface area contributed by atoms with Gasteiger partial charge in [-0.3, -0.25) is 4.79 Å². The Bertz CT molecular complexity index is 435. The molecule has 1 rings (SSSR count). The Hall–Kier alpha value is -0.910. The van der Waals surface area contributed by atoms with E-state index in [0.717, 1.165) is 6.26 Å². The summed E-state index contributed by atoms with van der Waals surface area (Å²) in [6, 6.07) is 0. The molecule has 0 unspecified atom stereocenters. The number of rotatable bonds is 2. The summed E-state index contributed by atoms with van der Waals surface area (Å²) in [5.41, 5.74) is 0.392. The summed E-state index contributed by atoms with van der Waals surface area (Å²) in [7, 11) is 0. The third kappa shape index (κ3) is 2.81. The van der Waals surface area contributed by atoms with Crippen molar-refractivity contribution >= 4 is 52.4 Å². The van der Waals surface area contributed by atoms with Crippen molar-refractivity contribution in [2.45, 2.75) is 10.7 Å². The van der Waals surface area contributed by atoms with Crippen molar-refractivity contribution in [3.05, 3.63) is 17.6 Å². The normalized spacial score (nSPS) is 11.2. The molecule has 0 bridgehead atoms. The van der Waals surface area contributed by atoms with Crippen molar-refractivity contribution < 1.29 is 19.1 Å². The average Bonchev–Trinajstić information content (AvgIpc) is 2.46. The number of carboxylic acid groups (broad SMARTS) is 1. The molecular formula is C8H6Cl3NO4. The first-order valence-electron chi connectivity index (χ1n) is 3.93. The minimum atomic E-state index is -2.12. The number of carbonyl (C=O) groups excluding carboxylic acids is 1. The molecule has 2 N–H and O–H groups in total. The topological polar surface area (TPSA) is 79.5 Å². The number of aromatic carboxylic acids is 1. The molecule has 1 aromatic heterocycles. The molecule has 16 heavy (non-hydrogen) atoms. The second-order valence-corrected chi connectivity index (χ2v) is 5.14. The lowest BCUT2D eigenvalue weighted by Gasteiger charge is -2.10. The monoisotopic (exact) mass is 285 g/mol. The summed E-state index contributed by atoms with van der Waals surface area (Å²) < 4.78 is 2.61. The molecule has 0 saturated heterocycles. The summed E-state index contributed by atoms with van der Waals surface area (Å²) in [6.07, 6.45) is 1.06. The Morgan fingerprint density at radius 1 is 1.44 bits per heavy atom.